The highest BCUT2D eigenvalue weighted by atomic mass is 16.5. The van der Waals surface area contributed by atoms with Gasteiger partial charge in [0, 0.05) is 32.2 Å². The first-order valence-corrected chi connectivity index (χ1v) is 9.38. The number of nitrogens with zero attached hydrogens (tertiary/aromatic N) is 1. The second kappa shape index (κ2) is 8.00. The van der Waals surface area contributed by atoms with E-state index in [4.69, 9.17) is 4.74 Å². The highest BCUT2D eigenvalue weighted by Crippen LogP contribution is 2.36. The average Bonchev–Trinajstić information content (AvgIpc) is 2.62. The molecule has 0 aromatic heterocycles. The molecule has 136 valence electrons. The van der Waals surface area contributed by atoms with E-state index < -0.39 is 0 Å². The number of benzene rings is 1. The topological polar surface area (TPSA) is 58.6 Å². The van der Waals surface area contributed by atoms with Gasteiger partial charge >= 0.3 is 0 Å². The number of carbonyl (C=O) groups is 2. The maximum Gasteiger partial charge on any atom is 0.227 e. The zero-order valence-corrected chi connectivity index (χ0v) is 15.3. The van der Waals surface area contributed by atoms with Gasteiger partial charge in [-0.1, -0.05) is 6.07 Å². The molecule has 2 heterocycles. The number of amides is 2. The summed E-state index contributed by atoms with van der Waals surface area (Å²) in [5.74, 6) is 0.0853. The Morgan fingerprint density at radius 1 is 1.28 bits per heavy atom. The Balaban J connectivity index is 1.75. The van der Waals surface area contributed by atoms with Crippen LogP contribution in [0.2, 0.25) is 0 Å². The average molecular weight is 344 g/mol. The van der Waals surface area contributed by atoms with E-state index in [1.54, 1.807) is 0 Å². The van der Waals surface area contributed by atoms with Gasteiger partial charge in [0.15, 0.2) is 0 Å². The molecule has 2 amide bonds. The maximum atomic E-state index is 12.9. The van der Waals surface area contributed by atoms with Gasteiger partial charge in [0.05, 0.1) is 11.8 Å². The lowest BCUT2D eigenvalue weighted by molar-refractivity contribution is -0.119. The summed E-state index contributed by atoms with van der Waals surface area (Å²) < 4.78 is 5.75. The lowest BCUT2D eigenvalue weighted by Gasteiger charge is -2.33. The Kier molecular flexibility index (Phi) is 5.74. The van der Waals surface area contributed by atoms with E-state index >= 15 is 0 Å². The maximum absolute atomic E-state index is 12.9. The van der Waals surface area contributed by atoms with Crippen LogP contribution in [-0.4, -0.2) is 31.1 Å². The summed E-state index contributed by atoms with van der Waals surface area (Å²) in [5.41, 5.74) is 4.00. The number of hydrogen-bond donors (Lipinski definition) is 1. The molecule has 2 aliphatic heterocycles. The third-order valence-electron chi connectivity index (χ3n) is 5.13. The van der Waals surface area contributed by atoms with Gasteiger partial charge in [-0.3, -0.25) is 9.59 Å². The minimum atomic E-state index is -0.0797. The van der Waals surface area contributed by atoms with Gasteiger partial charge in [0.1, 0.15) is 0 Å². The summed E-state index contributed by atoms with van der Waals surface area (Å²) in [6.07, 6.45) is 6.77. The SMILES string of the molecule is CC(=O)Nc1ccc(C)c2c1CCCN2C(=O)CC[C@H]1CCCCO1. The van der Waals surface area contributed by atoms with Gasteiger partial charge in [0.25, 0.3) is 0 Å². The Morgan fingerprint density at radius 3 is 2.84 bits per heavy atom. The standard InChI is InChI=1S/C20H28N2O3/c1-14-8-10-18(21-15(2)23)17-7-5-12-22(20(14)17)19(24)11-9-16-6-3-4-13-25-16/h8,10,16H,3-7,9,11-13H2,1-2H3,(H,21,23)/t16-/m1/s1. The molecule has 0 aliphatic carbocycles. The summed E-state index contributed by atoms with van der Waals surface area (Å²) in [6.45, 7) is 5.13. The van der Waals surface area contributed by atoms with Crippen molar-refractivity contribution in [2.75, 3.05) is 23.4 Å². The minimum absolute atomic E-state index is 0.0797. The Bertz CT molecular complexity index is 651. The monoisotopic (exact) mass is 344 g/mol. The van der Waals surface area contributed by atoms with E-state index in [9.17, 15) is 9.59 Å². The molecule has 3 rings (SSSR count). The van der Waals surface area contributed by atoms with Gasteiger partial charge in [-0.15, -0.1) is 0 Å². The summed E-state index contributed by atoms with van der Waals surface area (Å²) in [4.78, 5) is 26.3. The quantitative estimate of drug-likeness (QED) is 0.908. The highest BCUT2D eigenvalue weighted by molar-refractivity contribution is 5.98. The number of carbonyl (C=O) groups excluding carboxylic acids is 2. The van der Waals surface area contributed by atoms with Crippen molar-refractivity contribution >= 4 is 23.2 Å². The second-order valence-corrected chi connectivity index (χ2v) is 7.11. The van der Waals surface area contributed by atoms with Crippen molar-refractivity contribution in [3.8, 4) is 0 Å². The van der Waals surface area contributed by atoms with Gasteiger partial charge < -0.3 is 15.0 Å². The molecule has 1 aromatic rings. The molecule has 0 spiro atoms. The van der Waals surface area contributed by atoms with Gasteiger partial charge in [-0.25, -0.2) is 0 Å². The fourth-order valence-corrected chi connectivity index (χ4v) is 3.92. The highest BCUT2D eigenvalue weighted by Gasteiger charge is 2.27. The molecule has 0 bridgehead atoms. The molecule has 2 aliphatic rings. The summed E-state index contributed by atoms with van der Waals surface area (Å²) in [5, 5.41) is 2.91. The van der Waals surface area contributed by atoms with Crippen LogP contribution in [0.3, 0.4) is 0 Å². The van der Waals surface area contributed by atoms with E-state index in [1.807, 2.05) is 24.0 Å². The van der Waals surface area contributed by atoms with Crippen molar-refractivity contribution in [1.82, 2.24) is 0 Å². The molecule has 0 unspecified atom stereocenters. The number of rotatable bonds is 4. The lowest BCUT2D eigenvalue weighted by Crippen LogP contribution is -2.37. The smallest absolute Gasteiger partial charge is 0.227 e. The normalized spacial score (nSPS) is 20.1. The fourth-order valence-electron chi connectivity index (χ4n) is 3.92. The molecule has 25 heavy (non-hydrogen) atoms. The number of aryl methyl sites for hydroxylation is 1. The fraction of sp³-hybridized carbons (Fsp3) is 0.600. The number of nitrogens with one attached hydrogen (secondary N) is 1. The summed E-state index contributed by atoms with van der Waals surface area (Å²) in [6, 6.07) is 3.93. The first-order chi connectivity index (χ1) is 12.1. The van der Waals surface area contributed by atoms with Crippen LogP contribution < -0.4 is 10.2 Å². The third-order valence-corrected chi connectivity index (χ3v) is 5.13. The molecular formula is C20H28N2O3. The van der Waals surface area contributed by atoms with Crippen molar-refractivity contribution in [2.24, 2.45) is 0 Å². The molecule has 5 nitrogen and oxygen atoms in total. The minimum Gasteiger partial charge on any atom is -0.378 e. The van der Waals surface area contributed by atoms with Crippen molar-refractivity contribution in [3.05, 3.63) is 23.3 Å². The molecule has 1 fully saturated rings. The molecular weight excluding hydrogens is 316 g/mol. The predicted octanol–water partition coefficient (Wildman–Crippen LogP) is 3.58. The molecule has 1 aromatic carbocycles. The van der Waals surface area contributed by atoms with Gasteiger partial charge in [-0.2, -0.15) is 0 Å². The van der Waals surface area contributed by atoms with Gasteiger partial charge in [0.2, 0.25) is 11.8 Å². The molecule has 1 saturated heterocycles. The largest absolute Gasteiger partial charge is 0.378 e. The zero-order chi connectivity index (χ0) is 17.8. The number of hydrogen-bond acceptors (Lipinski definition) is 3. The molecule has 0 radical (unpaired) electrons. The van der Waals surface area contributed by atoms with Crippen molar-refractivity contribution in [1.29, 1.82) is 0 Å². The van der Waals surface area contributed by atoms with Crippen molar-refractivity contribution in [3.63, 3.8) is 0 Å². The summed E-state index contributed by atoms with van der Waals surface area (Å²) in [7, 11) is 0. The van der Waals surface area contributed by atoms with Crippen molar-refractivity contribution in [2.45, 2.75) is 64.9 Å². The van der Waals surface area contributed by atoms with E-state index in [0.29, 0.717) is 6.42 Å². The molecule has 0 saturated carbocycles. The molecule has 1 N–H and O–H groups in total. The Hall–Kier alpha value is -1.88. The second-order valence-electron chi connectivity index (χ2n) is 7.11. The van der Waals surface area contributed by atoms with E-state index in [-0.39, 0.29) is 17.9 Å². The van der Waals surface area contributed by atoms with Crippen LogP contribution in [0.1, 0.15) is 56.6 Å². The van der Waals surface area contributed by atoms with Crippen molar-refractivity contribution < 1.29 is 14.3 Å². The Morgan fingerprint density at radius 2 is 2.12 bits per heavy atom. The van der Waals surface area contributed by atoms with Crippen LogP contribution in [-0.2, 0) is 20.7 Å². The summed E-state index contributed by atoms with van der Waals surface area (Å²) >= 11 is 0. The Labute approximate surface area is 149 Å². The van der Waals surface area contributed by atoms with E-state index in [1.165, 1.54) is 13.3 Å². The number of fused-ring (bicyclic) bond motifs is 1. The first-order valence-electron chi connectivity index (χ1n) is 9.38. The lowest BCUT2D eigenvalue weighted by atomic mass is 9.95. The number of ether oxygens (including phenoxy) is 1. The van der Waals surface area contributed by atoms with Crippen LogP contribution >= 0.6 is 0 Å². The predicted molar refractivity (Wildman–Crippen MR) is 99.0 cm³/mol. The van der Waals surface area contributed by atoms with Crippen LogP contribution in [0.25, 0.3) is 0 Å². The zero-order valence-electron chi connectivity index (χ0n) is 15.3. The first kappa shape index (κ1) is 17.9. The van der Waals surface area contributed by atoms with Gasteiger partial charge in [-0.05, 0) is 62.6 Å². The van der Waals surface area contributed by atoms with Crippen LogP contribution in [0.4, 0.5) is 11.4 Å². The van der Waals surface area contributed by atoms with Crippen LogP contribution in [0, 0.1) is 6.92 Å². The third kappa shape index (κ3) is 4.21. The van der Waals surface area contributed by atoms with E-state index in [0.717, 1.165) is 67.8 Å². The van der Waals surface area contributed by atoms with E-state index in [2.05, 4.69) is 5.32 Å². The molecule has 5 heteroatoms. The van der Waals surface area contributed by atoms with Crippen LogP contribution in [0.15, 0.2) is 12.1 Å². The molecule has 1 atom stereocenters. The number of anilines is 2. The van der Waals surface area contributed by atoms with Crippen LogP contribution in [0.5, 0.6) is 0 Å².